The summed E-state index contributed by atoms with van der Waals surface area (Å²) in [6.07, 6.45) is 1.98. The summed E-state index contributed by atoms with van der Waals surface area (Å²) in [4.78, 5) is 43.6. The molecule has 2 saturated heterocycles. The Labute approximate surface area is 207 Å². The average molecular weight is 488 g/mol. The first kappa shape index (κ1) is 25.4. The zero-order valence-corrected chi connectivity index (χ0v) is 21.2. The molecule has 2 N–H and O–H groups in total. The number of rotatable bonds is 8. The predicted octanol–water partition coefficient (Wildman–Crippen LogP) is 3.30. The second-order valence-electron chi connectivity index (χ2n) is 10.9. The largest absolute Gasteiger partial charge is 0.356 e. The van der Waals surface area contributed by atoms with Gasteiger partial charge in [0.2, 0.25) is 11.8 Å². The zero-order valence-electron chi connectivity index (χ0n) is 21.2. The van der Waals surface area contributed by atoms with Crippen molar-refractivity contribution >= 4 is 17.8 Å². The zero-order chi connectivity index (χ0) is 25.3. The lowest BCUT2D eigenvalue weighted by Gasteiger charge is -2.50. The molecule has 2 aliphatic heterocycles. The first-order chi connectivity index (χ1) is 16.7. The van der Waals surface area contributed by atoms with Crippen LogP contribution in [0.1, 0.15) is 58.9 Å². The highest BCUT2D eigenvalue weighted by atomic mass is 19.1. The first-order valence-corrected chi connectivity index (χ1v) is 12.8. The van der Waals surface area contributed by atoms with Crippen molar-refractivity contribution < 1.29 is 18.8 Å². The minimum absolute atomic E-state index is 0.00570. The Morgan fingerprint density at radius 1 is 1.11 bits per heavy atom. The number of halogens is 1. The molecule has 1 aliphatic carbocycles. The van der Waals surface area contributed by atoms with E-state index in [9.17, 15) is 18.8 Å². The summed E-state index contributed by atoms with van der Waals surface area (Å²) in [6, 6.07) is 5.52. The van der Waals surface area contributed by atoms with E-state index in [0.717, 1.165) is 12.0 Å². The van der Waals surface area contributed by atoms with Gasteiger partial charge in [0, 0.05) is 25.0 Å². The number of nitrogens with one attached hydrogen (secondary N) is 2. The minimum Gasteiger partial charge on any atom is -0.356 e. The van der Waals surface area contributed by atoms with Crippen LogP contribution in [0.2, 0.25) is 0 Å². The molecule has 4 amide bonds. The third-order valence-corrected chi connectivity index (χ3v) is 7.31. The molecule has 4 unspecified atom stereocenters. The molecule has 1 aromatic rings. The maximum absolute atomic E-state index is 13.6. The Balaban J connectivity index is 1.56. The number of urea groups is 1. The maximum atomic E-state index is 13.6. The van der Waals surface area contributed by atoms with Gasteiger partial charge in [0.15, 0.2) is 6.29 Å². The van der Waals surface area contributed by atoms with Gasteiger partial charge in [-0.1, -0.05) is 39.8 Å². The van der Waals surface area contributed by atoms with E-state index in [1.54, 1.807) is 21.9 Å². The number of hydrazine groups is 1. The van der Waals surface area contributed by atoms with Gasteiger partial charge in [-0.3, -0.25) is 19.5 Å². The molecule has 35 heavy (non-hydrogen) atoms. The number of carbonyl (C=O) groups is 3. The molecule has 192 valence electrons. The number of benzene rings is 1. The molecule has 0 bridgehead atoms. The van der Waals surface area contributed by atoms with Gasteiger partial charge in [-0.15, -0.1) is 0 Å². The lowest BCUT2D eigenvalue weighted by molar-refractivity contribution is -0.159. The van der Waals surface area contributed by atoms with Gasteiger partial charge in [-0.2, -0.15) is 5.43 Å². The molecule has 4 atom stereocenters. The van der Waals surface area contributed by atoms with Crippen LogP contribution in [0.4, 0.5) is 9.18 Å². The molecule has 4 rings (SSSR count). The van der Waals surface area contributed by atoms with E-state index in [0.29, 0.717) is 44.2 Å². The first-order valence-electron chi connectivity index (χ1n) is 12.8. The maximum Gasteiger partial charge on any atom is 0.337 e. The van der Waals surface area contributed by atoms with Crippen molar-refractivity contribution in [2.45, 2.75) is 72.3 Å². The molecular weight excluding hydrogens is 449 g/mol. The lowest BCUT2D eigenvalue weighted by atomic mass is 9.75. The summed E-state index contributed by atoms with van der Waals surface area (Å²) in [5.41, 5.74) is 4.04. The third-order valence-electron chi connectivity index (χ3n) is 7.31. The van der Waals surface area contributed by atoms with Gasteiger partial charge in [0.1, 0.15) is 5.82 Å². The van der Waals surface area contributed by atoms with Gasteiger partial charge in [0.25, 0.3) is 0 Å². The second-order valence-corrected chi connectivity index (χ2v) is 10.9. The van der Waals surface area contributed by atoms with Crippen molar-refractivity contribution in [1.82, 2.24) is 25.6 Å². The highest BCUT2D eigenvalue weighted by molar-refractivity contribution is 5.86. The molecule has 1 saturated carbocycles. The summed E-state index contributed by atoms with van der Waals surface area (Å²) in [5.74, 6) is -0.0116. The van der Waals surface area contributed by atoms with E-state index < -0.39 is 6.29 Å². The van der Waals surface area contributed by atoms with Crippen LogP contribution in [0.15, 0.2) is 24.3 Å². The second kappa shape index (κ2) is 10.5. The van der Waals surface area contributed by atoms with Crippen LogP contribution in [0, 0.1) is 29.5 Å². The van der Waals surface area contributed by atoms with Crippen LogP contribution >= 0.6 is 0 Å². The quantitative estimate of drug-likeness (QED) is 0.589. The Kier molecular flexibility index (Phi) is 7.64. The number of fused-ring (bicyclic) bond motifs is 3. The van der Waals surface area contributed by atoms with Crippen molar-refractivity contribution in [2.75, 3.05) is 13.1 Å². The summed E-state index contributed by atoms with van der Waals surface area (Å²) < 4.78 is 13.4. The fourth-order valence-corrected chi connectivity index (χ4v) is 5.32. The lowest BCUT2D eigenvalue weighted by Crippen LogP contribution is -2.67. The summed E-state index contributed by atoms with van der Waals surface area (Å²) in [6.45, 7) is 9.77. The van der Waals surface area contributed by atoms with Gasteiger partial charge >= 0.3 is 6.03 Å². The summed E-state index contributed by atoms with van der Waals surface area (Å²) in [7, 11) is 0. The molecule has 0 spiro atoms. The van der Waals surface area contributed by atoms with E-state index in [2.05, 4.69) is 38.4 Å². The third kappa shape index (κ3) is 5.44. The Bertz CT molecular complexity index is 937. The summed E-state index contributed by atoms with van der Waals surface area (Å²) in [5, 5.41) is 4.53. The van der Waals surface area contributed by atoms with Crippen molar-refractivity contribution in [3.05, 3.63) is 35.6 Å². The van der Waals surface area contributed by atoms with E-state index in [1.807, 2.05) is 0 Å². The fraction of sp³-hybridized carbons (Fsp3) is 0.654. The highest BCUT2D eigenvalue weighted by Crippen LogP contribution is 2.40. The van der Waals surface area contributed by atoms with E-state index in [-0.39, 0.29) is 48.1 Å². The number of nitrogens with zero attached hydrogens (tertiary/aromatic N) is 3. The van der Waals surface area contributed by atoms with Crippen LogP contribution in [-0.2, 0) is 16.1 Å². The van der Waals surface area contributed by atoms with Crippen LogP contribution in [0.5, 0.6) is 0 Å². The van der Waals surface area contributed by atoms with Crippen molar-refractivity contribution in [2.24, 2.45) is 23.7 Å². The van der Waals surface area contributed by atoms with E-state index in [4.69, 9.17) is 0 Å². The number of hydrogen-bond donors (Lipinski definition) is 2. The van der Waals surface area contributed by atoms with E-state index >= 15 is 0 Å². The highest BCUT2D eigenvalue weighted by Gasteiger charge is 2.55. The van der Waals surface area contributed by atoms with Crippen LogP contribution in [-0.4, -0.2) is 58.1 Å². The van der Waals surface area contributed by atoms with Gasteiger partial charge in [0.05, 0.1) is 12.5 Å². The van der Waals surface area contributed by atoms with Crippen LogP contribution in [0.25, 0.3) is 0 Å². The van der Waals surface area contributed by atoms with Crippen molar-refractivity contribution in [1.29, 1.82) is 0 Å². The molecule has 3 aliphatic rings. The summed E-state index contributed by atoms with van der Waals surface area (Å²) >= 11 is 0. The topological polar surface area (TPSA) is 85.0 Å². The molecule has 8 nitrogen and oxygen atoms in total. The molecular formula is C26H38FN5O3. The molecule has 0 radical (unpaired) electrons. The molecule has 2 heterocycles. The normalized spacial score (nSPS) is 26.4. The number of amides is 4. The minimum atomic E-state index is -0.576. The molecule has 9 heteroatoms. The van der Waals surface area contributed by atoms with Gasteiger partial charge in [-0.25, -0.2) is 9.18 Å². The number of hydrogen-bond acceptors (Lipinski definition) is 4. The standard InChI is InChI=1S/C26H38FN5O3/c1-16(2)11-12-30-24(34)21-10-7-19(23(33)28-14-17(3)4)13-22(21)32-25(30)29-31(26(32)35)15-18-5-8-20(27)9-6-18/h5-6,8-9,16-17,19,21-22,25,29H,7,10-15H2,1-4H3,(H,28,33). The number of carbonyl (C=O) groups excluding carboxylic acids is 3. The smallest absolute Gasteiger partial charge is 0.337 e. The SMILES string of the molecule is CC(C)CCN1C(=O)C2CCC(C(=O)NCC(C)C)CC2N2C(=O)N(Cc3ccc(F)cc3)NC12. The Hall–Kier alpha value is -2.68. The molecule has 3 fully saturated rings. The molecule has 0 aromatic heterocycles. The Morgan fingerprint density at radius 2 is 1.83 bits per heavy atom. The van der Waals surface area contributed by atoms with Crippen molar-refractivity contribution in [3.8, 4) is 0 Å². The fourth-order valence-electron chi connectivity index (χ4n) is 5.32. The molecule has 1 aromatic carbocycles. The van der Waals surface area contributed by atoms with Crippen molar-refractivity contribution in [3.63, 3.8) is 0 Å². The predicted molar refractivity (Wildman–Crippen MR) is 130 cm³/mol. The monoisotopic (exact) mass is 487 g/mol. The van der Waals surface area contributed by atoms with Crippen LogP contribution in [0.3, 0.4) is 0 Å². The Morgan fingerprint density at radius 3 is 2.49 bits per heavy atom. The van der Waals surface area contributed by atoms with Crippen LogP contribution < -0.4 is 10.7 Å². The van der Waals surface area contributed by atoms with Gasteiger partial charge in [-0.05, 0) is 55.2 Å². The van der Waals surface area contributed by atoms with E-state index in [1.165, 1.54) is 17.1 Å². The average Bonchev–Trinajstić information content (AvgIpc) is 3.14. The van der Waals surface area contributed by atoms with Gasteiger partial charge < -0.3 is 10.2 Å².